The van der Waals surface area contributed by atoms with Gasteiger partial charge >= 0.3 is 0 Å². The summed E-state index contributed by atoms with van der Waals surface area (Å²) in [4.78, 5) is 23.9. The van der Waals surface area contributed by atoms with Crippen LogP contribution in [0.4, 0.5) is 8.78 Å². The highest BCUT2D eigenvalue weighted by molar-refractivity contribution is 5.96. The lowest BCUT2D eigenvalue weighted by Gasteiger charge is -2.36. The number of fused-ring (bicyclic) bond motifs is 1. The van der Waals surface area contributed by atoms with Crippen LogP contribution in [0, 0.1) is 12.7 Å². The normalized spacial score (nSPS) is 18.2. The Bertz CT molecular complexity index is 1220. The van der Waals surface area contributed by atoms with Crippen LogP contribution in [-0.4, -0.2) is 52.1 Å². The number of likely N-dealkylation sites (tertiary alicyclic amines) is 1. The van der Waals surface area contributed by atoms with Crippen LogP contribution in [-0.2, 0) is 12.2 Å². The molecule has 0 radical (unpaired) electrons. The van der Waals surface area contributed by atoms with Gasteiger partial charge in [0.2, 0.25) is 0 Å². The topological polar surface area (TPSA) is 78.4 Å². The second kappa shape index (κ2) is 12.0. The molecule has 37 heavy (non-hydrogen) atoms. The predicted molar refractivity (Wildman–Crippen MR) is 140 cm³/mol. The van der Waals surface area contributed by atoms with E-state index < -0.39 is 11.5 Å². The van der Waals surface area contributed by atoms with Gasteiger partial charge in [-0.15, -0.1) is 0 Å². The Morgan fingerprint density at radius 1 is 1.14 bits per heavy atom. The number of amides is 1. The number of aryl methyl sites for hydroxylation is 1. The quantitative estimate of drug-likeness (QED) is 0.493. The zero-order chi connectivity index (χ0) is 26.4. The number of nitrogens with zero attached hydrogens (tertiary/aromatic N) is 3. The van der Waals surface area contributed by atoms with Crippen molar-refractivity contribution in [2.45, 2.75) is 70.1 Å². The minimum Gasteiger partial charge on any atom is -0.400 e. The summed E-state index contributed by atoms with van der Waals surface area (Å²) in [6, 6.07) is 10.5. The number of aliphatic hydroxyl groups is 1. The first-order chi connectivity index (χ1) is 17.9. The van der Waals surface area contributed by atoms with Crippen LogP contribution >= 0.6 is 0 Å². The summed E-state index contributed by atoms with van der Waals surface area (Å²) in [6.07, 6.45) is 7.70. The van der Waals surface area contributed by atoms with Crippen LogP contribution in [0.3, 0.4) is 0 Å². The van der Waals surface area contributed by atoms with Crippen molar-refractivity contribution in [2.24, 2.45) is 0 Å². The maximum Gasteiger partial charge on any atom is 0.270 e. The fraction of sp³-hybridized carbons (Fsp3) is 0.483. The third-order valence-corrected chi connectivity index (χ3v) is 7.47. The molecule has 2 N–H and O–H groups in total. The van der Waals surface area contributed by atoms with Crippen molar-refractivity contribution in [1.29, 1.82) is 0 Å². The highest BCUT2D eigenvalue weighted by Crippen LogP contribution is 2.37. The lowest BCUT2D eigenvalue weighted by molar-refractivity contribution is 0.0491. The minimum absolute atomic E-state index is 0.146. The third kappa shape index (κ3) is 6.30. The van der Waals surface area contributed by atoms with Crippen molar-refractivity contribution in [3.05, 3.63) is 70.9 Å². The lowest BCUT2D eigenvalue weighted by Crippen LogP contribution is -2.40. The van der Waals surface area contributed by atoms with Crippen LogP contribution in [0.15, 0.2) is 42.6 Å². The van der Waals surface area contributed by atoms with Crippen LogP contribution < -0.4 is 5.32 Å². The zero-order valence-corrected chi connectivity index (χ0v) is 21.6. The summed E-state index contributed by atoms with van der Waals surface area (Å²) in [5, 5.41) is 10.8. The zero-order valence-electron chi connectivity index (χ0n) is 21.6. The van der Waals surface area contributed by atoms with Gasteiger partial charge in [-0.3, -0.25) is 14.7 Å². The van der Waals surface area contributed by atoms with E-state index in [0.29, 0.717) is 43.6 Å². The Kier molecular flexibility index (Phi) is 8.82. The van der Waals surface area contributed by atoms with E-state index in [0.717, 1.165) is 43.9 Å². The smallest absolute Gasteiger partial charge is 0.270 e. The molecule has 3 aromatic rings. The molecule has 5 rings (SSSR count). The molecule has 1 aromatic carbocycles. The highest BCUT2D eigenvalue weighted by atomic mass is 19.1. The van der Waals surface area contributed by atoms with E-state index in [-0.39, 0.29) is 23.2 Å². The molecule has 8 heteroatoms. The van der Waals surface area contributed by atoms with Crippen LogP contribution in [0.2, 0.25) is 0 Å². The molecule has 0 bridgehead atoms. The number of piperidine rings is 1. The minimum atomic E-state index is -1.44. The number of pyridine rings is 2. The van der Waals surface area contributed by atoms with Gasteiger partial charge in [-0.2, -0.15) is 0 Å². The van der Waals surface area contributed by atoms with E-state index in [2.05, 4.69) is 20.2 Å². The molecule has 0 spiro atoms. The third-order valence-electron chi connectivity index (χ3n) is 7.47. The van der Waals surface area contributed by atoms with Crippen molar-refractivity contribution < 1.29 is 18.7 Å². The largest absolute Gasteiger partial charge is 0.400 e. The fourth-order valence-electron chi connectivity index (χ4n) is 5.38. The molecule has 2 aliphatic rings. The maximum absolute atomic E-state index is 15.7. The Hall–Kier alpha value is -2.97. The number of para-hydroxylation sites is 1. The number of halogens is 2. The van der Waals surface area contributed by atoms with Gasteiger partial charge in [0, 0.05) is 44.4 Å². The summed E-state index contributed by atoms with van der Waals surface area (Å²) in [7, 11) is 1.00. The van der Waals surface area contributed by atoms with Crippen LogP contribution in [0.1, 0.15) is 72.3 Å². The van der Waals surface area contributed by atoms with Gasteiger partial charge in [-0.25, -0.2) is 13.8 Å². The second-order valence-electron chi connectivity index (χ2n) is 10.1. The van der Waals surface area contributed by atoms with E-state index in [1.165, 1.54) is 12.5 Å². The standard InChI is InChI=1S/C28H32F2N4O.CH4O/c1-19-10-13-31-25(16-19)28(30)11-14-34(15-12-28)18-20-17-24(27(35)32-21-6-3-2-4-7-21)33-26-22(20)8-5-9-23(26)29;1-2/h5,8-10,13,16-17,21H,2-4,6-7,11-12,14-15,18H2,1H3,(H,32,35);2H,1H3. The Morgan fingerprint density at radius 3 is 2.57 bits per heavy atom. The van der Waals surface area contributed by atoms with Crippen molar-refractivity contribution in [3.8, 4) is 0 Å². The Balaban J connectivity index is 0.00000156. The van der Waals surface area contributed by atoms with Gasteiger partial charge in [0.05, 0.1) is 5.69 Å². The number of carbonyl (C=O) groups is 1. The van der Waals surface area contributed by atoms with Gasteiger partial charge in [-0.05, 0) is 68.0 Å². The summed E-state index contributed by atoms with van der Waals surface area (Å²) in [6.45, 7) is 3.55. The van der Waals surface area contributed by atoms with Gasteiger partial charge in [0.15, 0.2) is 5.67 Å². The number of aliphatic hydroxyl groups excluding tert-OH is 1. The molecule has 6 nitrogen and oxygen atoms in total. The molecule has 0 unspecified atom stereocenters. The first-order valence-electron chi connectivity index (χ1n) is 13.1. The Morgan fingerprint density at radius 2 is 1.86 bits per heavy atom. The molecular weight excluding hydrogens is 474 g/mol. The van der Waals surface area contributed by atoms with Gasteiger partial charge in [0.25, 0.3) is 5.91 Å². The molecule has 3 heterocycles. The number of nitrogens with one attached hydrogen (secondary N) is 1. The molecule has 1 saturated heterocycles. The van der Waals surface area contributed by atoms with Gasteiger partial charge in [0.1, 0.15) is 17.0 Å². The number of alkyl halides is 1. The van der Waals surface area contributed by atoms with Crippen molar-refractivity contribution >= 4 is 16.8 Å². The SMILES string of the molecule is CO.Cc1ccnc(C2(F)CCN(Cc3cc(C(=O)NC4CCCCC4)nc4c(F)cccc34)CC2)c1. The van der Waals surface area contributed by atoms with E-state index >= 15 is 4.39 Å². The number of aromatic nitrogens is 2. The molecular formula is C29H36F2N4O2. The molecule has 198 valence electrons. The Labute approximate surface area is 217 Å². The van der Waals surface area contributed by atoms with Crippen molar-refractivity contribution in [3.63, 3.8) is 0 Å². The van der Waals surface area contributed by atoms with E-state index in [4.69, 9.17) is 5.11 Å². The molecule has 0 atom stereocenters. The summed E-state index contributed by atoms with van der Waals surface area (Å²) in [5.74, 6) is -0.696. The van der Waals surface area contributed by atoms with Gasteiger partial charge in [-0.1, -0.05) is 31.4 Å². The average Bonchev–Trinajstić information content (AvgIpc) is 2.92. The monoisotopic (exact) mass is 510 g/mol. The number of hydrogen-bond acceptors (Lipinski definition) is 5. The average molecular weight is 511 g/mol. The molecule has 1 saturated carbocycles. The number of carbonyl (C=O) groups excluding carboxylic acids is 1. The van der Waals surface area contributed by atoms with Crippen molar-refractivity contribution in [1.82, 2.24) is 20.2 Å². The van der Waals surface area contributed by atoms with E-state index in [9.17, 15) is 9.18 Å². The van der Waals surface area contributed by atoms with E-state index in [1.54, 1.807) is 18.3 Å². The molecule has 1 aliphatic heterocycles. The maximum atomic E-state index is 15.7. The molecule has 1 aliphatic carbocycles. The first kappa shape index (κ1) is 27.1. The predicted octanol–water partition coefficient (Wildman–Crippen LogP) is 5.21. The summed E-state index contributed by atoms with van der Waals surface area (Å²) >= 11 is 0. The number of hydrogen-bond donors (Lipinski definition) is 2. The fourth-order valence-corrected chi connectivity index (χ4v) is 5.38. The van der Waals surface area contributed by atoms with E-state index in [1.807, 2.05) is 25.1 Å². The lowest BCUT2D eigenvalue weighted by atomic mass is 9.88. The highest BCUT2D eigenvalue weighted by Gasteiger charge is 2.37. The molecule has 2 fully saturated rings. The van der Waals surface area contributed by atoms with Crippen LogP contribution in [0.25, 0.3) is 10.9 Å². The molecule has 2 aromatic heterocycles. The summed E-state index contributed by atoms with van der Waals surface area (Å²) < 4.78 is 30.4. The second-order valence-corrected chi connectivity index (χ2v) is 10.1. The number of benzene rings is 1. The van der Waals surface area contributed by atoms with Crippen molar-refractivity contribution in [2.75, 3.05) is 20.2 Å². The van der Waals surface area contributed by atoms with Gasteiger partial charge < -0.3 is 10.4 Å². The number of rotatable bonds is 5. The summed E-state index contributed by atoms with van der Waals surface area (Å²) in [5.41, 5.74) is 1.33. The van der Waals surface area contributed by atoms with Crippen LogP contribution in [0.5, 0.6) is 0 Å². The molecule has 1 amide bonds. The first-order valence-corrected chi connectivity index (χ1v) is 13.1.